The van der Waals surface area contributed by atoms with Gasteiger partial charge in [0.05, 0.1) is 19.5 Å². The molecular weight excluding hydrogens is 363 g/mol. The molecule has 0 saturated heterocycles. The second-order valence-electron chi connectivity index (χ2n) is 2.77. The van der Waals surface area contributed by atoms with Crippen molar-refractivity contribution >= 4 is 23.9 Å². The molecule has 0 aromatic rings. The molecule has 5 N–H and O–H groups in total. The summed E-state index contributed by atoms with van der Waals surface area (Å²) in [6.07, 6.45) is -2.74. The Kier molecular flexibility index (Phi) is 15.0. The SMILES string of the molecule is NCC(=O)OC(=O)CC(O)C(=O)OC(=O)CN.[Cu].[Cu]. The van der Waals surface area contributed by atoms with Crippen molar-refractivity contribution in [2.24, 2.45) is 11.5 Å². The Morgan fingerprint density at radius 1 is 0.895 bits per heavy atom. The normalized spacial score (nSPS) is 10.3. The number of nitrogens with two attached hydrogens (primary N) is 2. The first-order valence-electron chi connectivity index (χ1n) is 4.47. The van der Waals surface area contributed by atoms with Crippen molar-refractivity contribution in [2.75, 3.05) is 13.1 Å². The predicted octanol–water partition coefficient (Wildman–Crippen LogP) is -3.21. The number of aliphatic hydroxyl groups excluding tert-OH is 1. The Labute approximate surface area is 129 Å². The summed E-state index contributed by atoms with van der Waals surface area (Å²) in [6, 6.07) is 0. The second kappa shape index (κ2) is 12.2. The van der Waals surface area contributed by atoms with Crippen LogP contribution in [0.25, 0.3) is 0 Å². The molecule has 1 atom stereocenters. The van der Waals surface area contributed by atoms with Crippen molar-refractivity contribution in [1.29, 1.82) is 0 Å². The summed E-state index contributed by atoms with van der Waals surface area (Å²) in [5, 5.41) is 9.11. The fourth-order valence-corrected chi connectivity index (χ4v) is 0.673. The summed E-state index contributed by atoms with van der Waals surface area (Å²) < 4.78 is 8.09. The Morgan fingerprint density at radius 2 is 1.32 bits per heavy atom. The van der Waals surface area contributed by atoms with Gasteiger partial charge in [0, 0.05) is 34.1 Å². The summed E-state index contributed by atoms with van der Waals surface area (Å²) in [5.41, 5.74) is 9.70. The van der Waals surface area contributed by atoms with Gasteiger partial charge >= 0.3 is 23.9 Å². The molecule has 118 valence electrons. The van der Waals surface area contributed by atoms with E-state index < -0.39 is 49.5 Å². The standard InChI is InChI=1S/C8H12N2O7.2Cu/c9-2-6(13)16-5(12)1-4(11)8(15)17-7(14)3-10;;/h4,11H,1-3,9-10H2;;. The molecule has 0 rings (SSSR count). The first-order valence-corrected chi connectivity index (χ1v) is 4.47. The third kappa shape index (κ3) is 10.8. The number of rotatable bonds is 5. The quantitative estimate of drug-likeness (QED) is 0.255. The van der Waals surface area contributed by atoms with Gasteiger partial charge in [0.25, 0.3) is 0 Å². The van der Waals surface area contributed by atoms with E-state index in [1.165, 1.54) is 0 Å². The van der Waals surface area contributed by atoms with E-state index in [-0.39, 0.29) is 34.1 Å². The number of hydrogen-bond donors (Lipinski definition) is 3. The Morgan fingerprint density at radius 3 is 1.74 bits per heavy atom. The maximum Gasteiger partial charge on any atom is 0.343 e. The van der Waals surface area contributed by atoms with Crippen molar-refractivity contribution in [3.8, 4) is 0 Å². The molecule has 19 heavy (non-hydrogen) atoms. The minimum Gasteiger partial charge on any atom is -0.392 e. The van der Waals surface area contributed by atoms with Crippen LogP contribution in [-0.4, -0.2) is 48.2 Å². The molecule has 0 heterocycles. The first-order chi connectivity index (χ1) is 7.90. The molecule has 0 aliphatic heterocycles. The van der Waals surface area contributed by atoms with Gasteiger partial charge in [-0.3, -0.25) is 14.4 Å². The van der Waals surface area contributed by atoms with Crippen LogP contribution in [0, 0.1) is 0 Å². The number of aliphatic hydroxyl groups is 1. The summed E-state index contributed by atoms with van der Waals surface area (Å²) in [4.78, 5) is 43.0. The van der Waals surface area contributed by atoms with Gasteiger partial charge in [-0.05, 0) is 0 Å². The van der Waals surface area contributed by atoms with E-state index in [0.29, 0.717) is 0 Å². The van der Waals surface area contributed by atoms with E-state index >= 15 is 0 Å². The third-order valence-corrected chi connectivity index (χ3v) is 1.41. The van der Waals surface area contributed by atoms with Gasteiger partial charge in [-0.2, -0.15) is 0 Å². The summed E-state index contributed by atoms with van der Waals surface area (Å²) in [5.74, 6) is -4.57. The molecule has 0 fully saturated rings. The van der Waals surface area contributed by atoms with Crippen LogP contribution in [0.4, 0.5) is 0 Å². The summed E-state index contributed by atoms with van der Waals surface area (Å²) in [6.45, 7) is -1.06. The van der Waals surface area contributed by atoms with Gasteiger partial charge in [0.2, 0.25) is 0 Å². The molecule has 0 aromatic heterocycles. The van der Waals surface area contributed by atoms with E-state index in [4.69, 9.17) is 16.6 Å². The molecule has 11 heteroatoms. The fraction of sp³-hybridized carbons (Fsp3) is 0.500. The number of hydrogen-bond acceptors (Lipinski definition) is 9. The molecule has 0 aliphatic rings. The van der Waals surface area contributed by atoms with Crippen LogP contribution < -0.4 is 11.5 Å². The first kappa shape index (κ1) is 23.3. The van der Waals surface area contributed by atoms with Crippen LogP contribution in [0.5, 0.6) is 0 Å². The zero-order chi connectivity index (χ0) is 13.4. The Bertz CT molecular complexity index is 337. The predicted molar refractivity (Wildman–Crippen MR) is 50.9 cm³/mol. The molecule has 0 aliphatic carbocycles. The molecule has 9 nitrogen and oxygen atoms in total. The van der Waals surface area contributed by atoms with Gasteiger partial charge in [-0.25, -0.2) is 4.79 Å². The third-order valence-electron chi connectivity index (χ3n) is 1.41. The van der Waals surface area contributed by atoms with E-state index in [1.807, 2.05) is 0 Å². The van der Waals surface area contributed by atoms with Crippen LogP contribution in [0.15, 0.2) is 0 Å². The maximum atomic E-state index is 10.9. The smallest absolute Gasteiger partial charge is 0.343 e. The Balaban J connectivity index is -0.00000128. The van der Waals surface area contributed by atoms with Crippen LogP contribution in [0.2, 0.25) is 0 Å². The van der Waals surface area contributed by atoms with E-state index in [0.717, 1.165) is 0 Å². The topological polar surface area (TPSA) is 159 Å². The van der Waals surface area contributed by atoms with Gasteiger partial charge in [-0.1, -0.05) is 0 Å². The van der Waals surface area contributed by atoms with Crippen LogP contribution in [0.1, 0.15) is 6.42 Å². The maximum absolute atomic E-state index is 10.9. The number of ether oxygens (including phenoxy) is 2. The molecule has 2 radical (unpaired) electrons. The van der Waals surface area contributed by atoms with E-state index in [1.54, 1.807) is 0 Å². The van der Waals surface area contributed by atoms with Gasteiger partial charge < -0.3 is 26.0 Å². The largest absolute Gasteiger partial charge is 0.392 e. The molecule has 1 unspecified atom stereocenters. The molecule has 0 amide bonds. The molecular formula is C8H12Cu2N2O7. The van der Waals surface area contributed by atoms with Gasteiger partial charge in [0.1, 0.15) is 0 Å². The van der Waals surface area contributed by atoms with Crippen molar-refractivity contribution in [1.82, 2.24) is 0 Å². The molecule has 0 saturated carbocycles. The minimum absolute atomic E-state index is 0. The van der Waals surface area contributed by atoms with Crippen molar-refractivity contribution in [2.45, 2.75) is 12.5 Å². The zero-order valence-electron chi connectivity index (χ0n) is 9.35. The number of carbonyl (C=O) groups is 4. The summed E-state index contributed by atoms with van der Waals surface area (Å²) in [7, 11) is 0. The Hall–Kier alpha value is -0.801. The second-order valence-corrected chi connectivity index (χ2v) is 2.77. The summed E-state index contributed by atoms with van der Waals surface area (Å²) >= 11 is 0. The molecule has 0 aromatic carbocycles. The molecule has 0 spiro atoms. The van der Waals surface area contributed by atoms with E-state index in [2.05, 4.69) is 9.47 Å². The fourth-order valence-electron chi connectivity index (χ4n) is 0.673. The van der Waals surface area contributed by atoms with Crippen molar-refractivity contribution in [3.05, 3.63) is 0 Å². The number of carbonyl (C=O) groups excluding carboxylic acids is 4. The van der Waals surface area contributed by atoms with Crippen LogP contribution >= 0.6 is 0 Å². The zero-order valence-corrected chi connectivity index (χ0v) is 11.2. The monoisotopic (exact) mass is 374 g/mol. The van der Waals surface area contributed by atoms with Crippen LogP contribution in [-0.2, 0) is 62.8 Å². The van der Waals surface area contributed by atoms with E-state index in [9.17, 15) is 19.2 Å². The average Bonchev–Trinajstić information content (AvgIpc) is 2.28. The molecule has 0 bridgehead atoms. The minimum atomic E-state index is -1.91. The van der Waals surface area contributed by atoms with Gasteiger partial charge in [-0.15, -0.1) is 0 Å². The van der Waals surface area contributed by atoms with Gasteiger partial charge in [0.15, 0.2) is 6.10 Å². The number of esters is 4. The average molecular weight is 375 g/mol. The van der Waals surface area contributed by atoms with Crippen molar-refractivity contribution in [3.63, 3.8) is 0 Å². The van der Waals surface area contributed by atoms with Crippen LogP contribution in [0.3, 0.4) is 0 Å². The van der Waals surface area contributed by atoms with Crippen molar-refractivity contribution < 1.29 is 67.9 Å².